The molecule has 0 atom stereocenters. The number of amides is 1. The summed E-state index contributed by atoms with van der Waals surface area (Å²) in [6.07, 6.45) is 0. The van der Waals surface area contributed by atoms with E-state index in [9.17, 15) is 14.7 Å². The quantitative estimate of drug-likeness (QED) is 0.687. The number of benzene rings is 1. The topological polar surface area (TPSA) is 57.6 Å². The fraction of sp³-hybridized carbons (Fsp3) is 0.0588. The van der Waals surface area contributed by atoms with Gasteiger partial charge in [0.2, 0.25) is 0 Å². The molecule has 0 aliphatic rings. The number of rotatable bonds is 4. The third kappa shape index (κ3) is 3.08. The van der Waals surface area contributed by atoms with Gasteiger partial charge in [-0.3, -0.25) is 4.79 Å². The molecule has 0 unspecified atom stereocenters. The highest BCUT2D eigenvalue weighted by Crippen LogP contribution is 2.37. The van der Waals surface area contributed by atoms with Gasteiger partial charge >= 0.3 is 5.97 Å². The molecule has 2 aromatic heterocycles. The van der Waals surface area contributed by atoms with Gasteiger partial charge in [-0.05, 0) is 23.1 Å². The van der Waals surface area contributed by atoms with Gasteiger partial charge < -0.3 is 10.0 Å². The molecule has 1 N–H and O–H groups in total. The fourth-order valence-corrected chi connectivity index (χ4v) is 4.38. The molecule has 0 saturated heterocycles. The smallest absolute Gasteiger partial charge is 0.348 e. The maximum absolute atomic E-state index is 12.6. The lowest BCUT2D eigenvalue weighted by Crippen LogP contribution is -2.26. The average Bonchev–Trinajstić information content (AvgIpc) is 3.21. The van der Waals surface area contributed by atoms with Crippen LogP contribution in [0.15, 0.2) is 47.8 Å². The predicted octanol–water partition coefficient (Wildman–Crippen LogP) is 5.10. The van der Waals surface area contributed by atoms with Crippen LogP contribution in [0.3, 0.4) is 0 Å². The van der Waals surface area contributed by atoms with Crippen LogP contribution < -0.4 is 4.90 Å². The molecule has 0 aliphatic heterocycles. The first-order valence-electron chi connectivity index (χ1n) is 6.92. The van der Waals surface area contributed by atoms with Crippen molar-refractivity contribution >= 4 is 51.8 Å². The van der Waals surface area contributed by atoms with Crippen LogP contribution in [0, 0.1) is 0 Å². The van der Waals surface area contributed by atoms with Crippen molar-refractivity contribution in [1.29, 1.82) is 0 Å². The third-order valence-corrected chi connectivity index (χ3v) is 5.93. The molecule has 0 saturated carbocycles. The number of thiophene rings is 2. The van der Waals surface area contributed by atoms with E-state index in [0.717, 1.165) is 21.8 Å². The van der Waals surface area contributed by atoms with E-state index < -0.39 is 5.97 Å². The first-order chi connectivity index (χ1) is 11.5. The molecule has 24 heavy (non-hydrogen) atoms. The van der Waals surface area contributed by atoms with Gasteiger partial charge in [-0.2, -0.15) is 0 Å². The van der Waals surface area contributed by atoms with Crippen molar-refractivity contribution in [3.8, 4) is 10.4 Å². The molecule has 0 aliphatic carbocycles. The number of halogens is 1. The molecule has 3 rings (SSSR count). The first-order valence-corrected chi connectivity index (χ1v) is 9.00. The molecule has 2 heterocycles. The van der Waals surface area contributed by atoms with Gasteiger partial charge in [0.15, 0.2) is 0 Å². The number of hydrogen-bond acceptors (Lipinski definition) is 4. The Hall–Kier alpha value is -2.15. The molecule has 0 radical (unpaired) electrons. The van der Waals surface area contributed by atoms with E-state index in [4.69, 9.17) is 11.6 Å². The Bertz CT molecular complexity index is 902. The van der Waals surface area contributed by atoms with Gasteiger partial charge in [0.25, 0.3) is 5.91 Å². The van der Waals surface area contributed by atoms with Crippen LogP contribution in [0.5, 0.6) is 0 Å². The second-order valence-electron chi connectivity index (χ2n) is 4.96. The monoisotopic (exact) mass is 377 g/mol. The third-order valence-electron chi connectivity index (χ3n) is 3.44. The lowest BCUT2D eigenvalue weighted by atomic mass is 10.2. The van der Waals surface area contributed by atoms with E-state index >= 15 is 0 Å². The zero-order valence-electron chi connectivity index (χ0n) is 12.5. The maximum Gasteiger partial charge on any atom is 0.348 e. The number of carbonyl (C=O) groups is 2. The highest BCUT2D eigenvalue weighted by Gasteiger charge is 2.25. The van der Waals surface area contributed by atoms with E-state index in [-0.39, 0.29) is 10.8 Å². The van der Waals surface area contributed by atoms with Crippen LogP contribution in [0.2, 0.25) is 5.02 Å². The molecule has 0 bridgehead atoms. The van der Waals surface area contributed by atoms with Crippen molar-refractivity contribution in [2.24, 2.45) is 0 Å². The molecule has 3 aromatic rings. The Morgan fingerprint density at radius 1 is 1.12 bits per heavy atom. The summed E-state index contributed by atoms with van der Waals surface area (Å²) in [4.78, 5) is 26.9. The zero-order valence-corrected chi connectivity index (χ0v) is 14.9. The van der Waals surface area contributed by atoms with Crippen molar-refractivity contribution in [2.75, 3.05) is 11.9 Å². The Labute approximate surface area is 151 Å². The first kappa shape index (κ1) is 16.7. The van der Waals surface area contributed by atoms with Gasteiger partial charge in [0.1, 0.15) is 9.75 Å². The summed E-state index contributed by atoms with van der Waals surface area (Å²) in [5.41, 5.74) is 1.27. The Morgan fingerprint density at radius 2 is 1.83 bits per heavy atom. The molecule has 0 spiro atoms. The minimum atomic E-state index is -1.06. The minimum absolute atomic E-state index is 0.123. The predicted molar refractivity (Wildman–Crippen MR) is 98.8 cm³/mol. The summed E-state index contributed by atoms with van der Waals surface area (Å²) < 4.78 is 0. The van der Waals surface area contributed by atoms with Crippen LogP contribution in [0.1, 0.15) is 19.3 Å². The molecular formula is C17H12ClNO3S2. The summed E-state index contributed by atoms with van der Waals surface area (Å²) in [5, 5.41) is 11.6. The van der Waals surface area contributed by atoms with Crippen LogP contribution in [-0.2, 0) is 0 Å². The van der Waals surface area contributed by atoms with E-state index in [1.807, 2.05) is 30.3 Å². The van der Waals surface area contributed by atoms with Gasteiger partial charge in [-0.1, -0.05) is 41.9 Å². The largest absolute Gasteiger partial charge is 0.477 e. The summed E-state index contributed by atoms with van der Waals surface area (Å²) in [6.45, 7) is 0. The average molecular weight is 378 g/mol. The van der Waals surface area contributed by atoms with Crippen molar-refractivity contribution in [3.05, 3.63) is 62.6 Å². The number of carboxylic acid groups (broad SMARTS) is 1. The number of nitrogens with zero attached hydrogens (tertiary/aromatic N) is 1. The molecular weight excluding hydrogens is 366 g/mol. The second-order valence-corrected chi connectivity index (χ2v) is 7.33. The summed E-state index contributed by atoms with van der Waals surface area (Å²) in [7, 11) is 1.56. The van der Waals surface area contributed by atoms with E-state index in [0.29, 0.717) is 15.6 Å². The maximum atomic E-state index is 12.6. The van der Waals surface area contributed by atoms with Crippen molar-refractivity contribution in [1.82, 2.24) is 0 Å². The zero-order chi connectivity index (χ0) is 17.3. The number of carboxylic acids is 1. The molecule has 1 aromatic carbocycles. The van der Waals surface area contributed by atoms with Crippen LogP contribution in [-0.4, -0.2) is 24.0 Å². The van der Waals surface area contributed by atoms with Crippen LogP contribution in [0.25, 0.3) is 10.4 Å². The Balaban J connectivity index is 2.03. The number of carbonyl (C=O) groups excluding carboxylic acids is 1. The van der Waals surface area contributed by atoms with Crippen molar-refractivity contribution in [3.63, 3.8) is 0 Å². The van der Waals surface area contributed by atoms with Gasteiger partial charge in [0.05, 0.1) is 10.7 Å². The number of hydrogen-bond donors (Lipinski definition) is 1. The van der Waals surface area contributed by atoms with E-state index in [1.165, 1.54) is 16.2 Å². The minimum Gasteiger partial charge on any atom is -0.477 e. The van der Waals surface area contributed by atoms with Gasteiger partial charge in [-0.25, -0.2) is 4.79 Å². The normalized spacial score (nSPS) is 10.6. The van der Waals surface area contributed by atoms with E-state index in [2.05, 4.69) is 0 Å². The fourth-order valence-electron chi connectivity index (χ4n) is 2.24. The van der Waals surface area contributed by atoms with Crippen molar-refractivity contribution < 1.29 is 14.7 Å². The molecule has 7 heteroatoms. The van der Waals surface area contributed by atoms with Crippen LogP contribution in [0.4, 0.5) is 5.69 Å². The molecule has 1 amide bonds. The van der Waals surface area contributed by atoms with Crippen molar-refractivity contribution in [2.45, 2.75) is 0 Å². The standard InChI is InChI=1S/C17H12ClNO3S2/c1-19(16(20)14-11(18)7-8-23-14)12-9-13(24-15(12)17(21)22)10-5-3-2-4-6-10/h2-9H,1H3,(H,21,22). The summed E-state index contributed by atoms with van der Waals surface area (Å²) in [6, 6.07) is 12.8. The van der Waals surface area contributed by atoms with Crippen LogP contribution >= 0.6 is 34.3 Å². The summed E-state index contributed by atoms with van der Waals surface area (Å²) >= 11 is 8.39. The number of aromatic carboxylic acids is 1. The van der Waals surface area contributed by atoms with Gasteiger partial charge in [0, 0.05) is 11.9 Å². The molecule has 0 fully saturated rings. The second kappa shape index (κ2) is 6.76. The number of anilines is 1. The lowest BCUT2D eigenvalue weighted by Gasteiger charge is -2.16. The Kier molecular flexibility index (Phi) is 4.71. The van der Waals surface area contributed by atoms with E-state index in [1.54, 1.807) is 24.6 Å². The highest BCUT2D eigenvalue weighted by molar-refractivity contribution is 7.18. The molecule has 4 nitrogen and oxygen atoms in total. The lowest BCUT2D eigenvalue weighted by molar-refractivity contribution is 0.0703. The Morgan fingerprint density at radius 3 is 2.42 bits per heavy atom. The SMILES string of the molecule is CN(C(=O)c1sccc1Cl)c1cc(-c2ccccc2)sc1C(=O)O. The highest BCUT2D eigenvalue weighted by atomic mass is 35.5. The summed E-state index contributed by atoms with van der Waals surface area (Å²) in [5.74, 6) is -1.39. The molecule has 122 valence electrons. The van der Waals surface area contributed by atoms with Gasteiger partial charge in [-0.15, -0.1) is 22.7 Å².